The molecule has 1 aromatic heterocycles. The van der Waals surface area contributed by atoms with Crippen LogP contribution in [0.5, 0.6) is 5.75 Å². The van der Waals surface area contributed by atoms with Crippen molar-refractivity contribution in [3.63, 3.8) is 0 Å². The fourth-order valence-corrected chi connectivity index (χ4v) is 2.95. The van der Waals surface area contributed by atoms with Crippen molar-refractivity contribution in [1.29, 1.82) is 0 Å². The summed E-state index contributed by atoms with van der Waals surface area (Å²) in [5, 5.41) is 3.12. The van der Waals surface area contributed by atoms with Gasteiger partial charge < -0.3 is 10.1 Å². The molecule has 4 heteroatoms. The molecule has 1 N–H and O–H groups in total. The van der Waals surface area contributed by atoms with Gasteiger partial charge in [-0.25, -0.2) is 0 Å². The van der Waals surface area contributed by atoms with E-state index in [1.807, 2.05) is 43.3 Å². The molecule has 3 rings (SSSR count). The Balaban J connectivity index is 1.75. The fourth-order valence-electron chi connectivity index (χ4n) is 2.95. The zero-order chi connectivity index (χ0) is 16.4. The molecule has 0 aliphatic carbocycles. The topological polar surface area (TPSA) is 51.2 Å². The predicted octanol–water partition coefficient (Wildman–Crippen LogP) is 3.21. The molecule has 1 aromatic carbocycles. The summed E-state index contributed by atoms with van der Waals surface area (Å²) in [6.45, 7) is 6.19. The van der Waals surface area contributed by atoms with E-state index in [0.29, 0.717) is 6.42 Å². The van der Waals surface area contributed by atoms with Crippen LogP contribution >= 0.6 is 0 Å². The number of hydrogen-bond donors (Lipinski definition) is 1. The van der Waals surface area contributed by atoms with E-state index in [4.69, 9.17) is 4.74 Å². The van der Waals surface area contributed by atoms with Crippen LogP contribution in [0.4, 0.5) is 0 Å². The largest absolute Gasteiger partial charge is 0.480 e. The number of aryl methyl sites for hydroxylation is 1. The summed E-state index contributed by atoms with van der Waals surface area (Å²) in [5.74, 6) is 0.976. The predicted molar refractivity (Wildman–Crippen MR) is 89.3 cm³/mol. The van der Waals surface area contributed by atoms with Gasteiger partial charge in [-0.05, 0) is 36.1 Å². The highest BCUT2D eigenvalue weighted by Gasteiger charge is 2.31. The van der Waals surface area contributed by atoms with Gasteiger partial charge in [0.15, 0.2) is 6.10 Å². The van der Waals surface area contributed by atoms with Crippen LogP contribution in [-0.4, -0.2) is 17.0 Å². The molecule has 2 heterocycles. The molecule has 1 aliphatic heterocycles. The van der Waals surface area contributed by atoms with Crippen LogP contribution in [0, 0.1) is 12.8 Å². The molecule has 0 radical (unpaired) electrons. The molecule has 1 amide bonds. The molecule has 2 aromatic rings. The first-order chi connectivity index (χ1) is 11.1. The smallest absolute Gasteiger partial charge is 0.261 e. The number of pyridine rings is 1. The first kappa shape index (κ1) is 15.5. The number of para-hydroxylation sites is 1. The van der Waals surface area contributed by atoms with Gasteiger partial charge in [0, 0.05) is 12.6 Å². The minimum atomic E-state index is -0.460. The van der Waals surface area contributed by atoms with Crippen molar-refractivity contribution in [2.45, 2.75) is 39.3 Å². The normalized spacial score (nSPS) is 17.5. The molecule has 120 valence electrons. The molecule has 0 unspecified atom stereocenters. The SMILES string of the molecule is Cc1cccnc1[C@H](NC(=O)[C@@H]1Cc2ccccc2O1)C(C)C. The average Bonchev–Trinajstić information content (AvgIpc) is 2.97. The molecule has 0 bridgehead atoms. The summed E-state index contributed by atoms with van der Waals surface area (Å²) in [6, 6.07) is 11.6. The molecular formula is C19H22N2O2. The van der Waals surface area contributed by atoms with Gasteiger partial charge in [0.2, 0.25) is 0 Å². The van der Waals surface area contributed by atoms with Gasteiger partial charge in [-0.3, -0.25) is 9.78 Å². The molecule has 23 heavy (non-hydrogen) atoms. The van der Waals surface area contributed by atoms with E-state index < -0.39 is 6.10 Å². The first-order valence-electron chi connectivity index (χ1n) is 8.02. The number of nitrogens with one attached hydrogen (secondary N) is 1. The lowest BCUT2D eigenvalue weighted by Gasteiger charge is -2.24. The third-order valence-corrected chi connectivity index (χ3v) is 4.25. The minimum Gasteiger partial charge on any atom is -0.480 e. The lowest BCUT2D eigenvalue weighted by molar-refractivity contribution is -0.128. The Morgan fingerprint density at radius 2 is 2.04 bits per heavy atom. The van der Waals surface area contributed by atoms with Gasteiger partial charge in [-0.1, -0.05) is 38.1 Å². The molecule has 4 nitrogen and oxygen atoms in total. The van der Waals surface area contributed by atoms with Crippen LogP contribution in [0.1, 0.15) is 36.7 Å². The second-order valence-electron chi connectivity index (χ2n) is 6.35. The van der Waals surface area contributed by atoms with Gasteiger partial charge >= 0.3 is 0 Å². The number of benzene rings is 1. The number of nitrogens with zero attached hydrogens (tertiary/aromatic N) is 1. The zero-order valence-electron chi connectivity index (χ0n) is 13.7. The van der Waals surface area contributed by atoms with Crippen LogP contribution < -0.4 is 10.1 Å². The molecule has 2 atom stereocenters. The molecule has 0 saturated heterocycles. The molecular weight excluding hydrogens is 288 g/mol. The highest BCUT2D eigenvalue weighted by Crippen LogP contribution is 2.29. The van der Waals surface area contributed by atoms with Crippen molar-refractivity contribution in [1.82, 2.24) is 10.3 Å². The molecule has 0 saturated carbocycles. The van der Waals surface area contributed by atoms with Gasteiger partial charge in [0.1, 0.15) is 5.75 Å². The first-order valence-corrected chi connectivity index (χ1v) is 8.02. The molecule has 1 aliphatic rings. The van der Waals surface area contributed by atoms with Gasteiger partial charge in [-0.15, -0.1) is 0 Å². The summed E-state index contributed by atoms with van der Waals surface area (Å²) < 4.78 is 5.78. The Bertz CT molecular complexity index is 687. The quantitative estimate of drug-likeness (QED) is 0.943. The average molecular weight is 310 g/mol. The van der Waals surface area contributed by atoms with E-state index in [1.54, 1.807) is 6.20 Å². The number of carbonyl (C=O) groups is 1. The van der Waals surface area contributed by atoms with Gasteiger partial charge in [0.25, 0.3) is 5.91 Å². The van der Waals surface area contributed by atoms with Gasteiger partial charge in [-0.2, -0.15) is 0 Å². The van der Waals surface area contributed by atoms with Crippen molar-refractivity contribution in [3.05, 3.63) is 59.4 Å². The molecule has 0 spiro atoms. The number of hydrogen-bond acceptors (Lipinski definition) is 3. The second kappa shape index (κ2) is 6.41. The highest BCUT2D eigenvalue weighted by atomic mass is 16.5. The highest BCUT2D eigenvalue weighted by molar-refractivity contribution is 5.83. The van der Waals surface area contributed by atoms with Crippen LogP contribution in [0.15, 0.2) is 42.6 Å². The summed E-state index contributed by atoms with van der Waals surface area (Å²) in [7, 11) is 0. The fraction of sp³-hybridized carbons (Fsp3) is 0.368. The van der Waals surface area contributed by atoms with Crippen molar-refractivity contribution < 1.29 is 9.53 Å². The summed E-state index contributed by atoms with van der Waals surface area (Å²) >= 11 is 0. The van der Waals surface area contributed by atoms with Crippen molar-refractivity contribution in [3.8, 4) is 5.75 Å². The van der Waals surface area contributed by atoms with E-state index in [-0.39, 0.29) is 17.9 Å². The third-order valence-electron chi connectivity index (χ3n) is 4.25. The summed E-state index contributed by atoms with van der Waals surface area (Å²) in [4.78, 5) is 17.1. The van der Waals surface area contributed by atoms with Crippen molar-refractivity contribution in [2.75, 3.05) is 0 Å². The number of amides is 1. The number of fused-ring (bicyclic) bond motifs is 1. The maximum Gasteiger partial charge on any atom is 0.261 e. The van der Waals surface area contributed by atoms with Crippen LogP contribution in [0.3, 0.4) is 0 Å². The van der Waals surface area contributed by atoms with E-state index >= 15 is 0 Å². The number of aromatic nitrogens is 1. The van der Waals surface area contributed by atoms with Crippen molar-refractivity contribution in [2.24, 2.45) is 5.92 Å². The standard InChI is InChI=1S/C19H22N2O2/c1-12(2)17(18-13(3)7-6-10-20-18)21-19(22)16-11-14-8-4-5-9-15(14)23-16/h4-10,12,16-17H,11H2,1-3H3,(H,21,22)/t16-,17+/m0/s1. The van der Waals surface area contributed by atoms with E-state index in [9.17, 15) is 4.79 Å². The zero-order valence-corrected chi connectivity index (χ0v) is 13.7. The maximum atomic E-state index is 12.6. The van der Waals surface area contributed by atoms with E-state index in [0.717, 1.165) is 22.6 Å². The summed E-state index contributed by atoms with van der Waals surface area (Å²) in [6.07, 6.45) is 1.93. The van der Waals surface area contributed by atoms with Crippen molar-refractivity contribution >= 4 is 5.91 Å². The molecule has 0 fully saturated rings. The monoisotopic (exact) mass is 310 g/mol. The summed E-state index contributed by atoms with van der Waals surface area (Å²) in [5.41, 5.74) is 3.09. The van der Waals surface area contributed by atoms with Crippen LogP contribution in [0.2, 0.25) is 0 Å². The Morgan fingerprint density at radius 1 is 1.26 bits per heavy atom. The lowest BCUT2D eigenvalue weighted by atomic mass is 9.97. The number of rotatable bonds is 4. The Kier molecular flexibility index (Phi) is 4.33. The van der Waals surface area contributed by atoms with E-state index in [1.165, 1.54) is 0 Å². The van der Waals surface area contributed by atoms with Crippen LogP contribution in [-0.2, 0) is 11.2 Å². The number of ether oxygens (including phenoxy) is 1. The van der Waals surface area contributed by atoms with Crippen LogP contribution in [0.25, 0.3) is 0 Å². The Hall–Kier alpha value is -2.36. The maximum absolute atomic E-state index is 12.6. The number of carbonyl (C=O) groups excluding carboxylic acids is 1. The minimum absolute atomic E-state index is 0.0787. The second-order valence-corrected chi connectivity index (χ2v) is 6.35. The lowest BCUT2D eigenvalue weighted by Crippen LogP contribution is -2.41. The van der Waals surface area contributed by atoms with E-state index in [2.05, 4.69) is 24.1 Å². The Morgan fingerprint density at radius 3 is 2.74 bits per heavy atom. The van der Waals surface area contributed by atoms with Gasteiger partial charge in [0.05, 0.1) is 11.7 Å². The third kappa shape index (κ3) is 3.21. The Labute approximate surface area is 136 Å².